The van der Waals surface area contributed by atoms with Crippen molar-refractivity contribution in [3.63, 3.8) is 0 Å². The van der Waals surface area contributed by atoms with Gasteiger partial charge >= 0.3 is 17.9 Å². The lowest BCUT2D eigenvalue weighted by Gasteiger charge is -2.29. The summed E-state index contributed by atoms with van der Waals surface area (Å²) >= 11 is 0. The predicted molar refractivity (Wildman–Crippen MR) is 66.9 cm³/mol. The van der Waals surface area contributed by atoms with Crippen molar-refractivity contribution in [1.82, 2.24) is 0 Å². The molecule has 1 saturated carbocycles. The van der Waals surface area contributed by atoms with Gasteiger partial charge in [-0.1, -0.05) is 0 Å². The van der Waals surface area contributed by atoms with Gasteiger partial charge in [-0.2, -0.15) is 0 Å². The Morgan fingerprint density at radius 1 is 1.10 bits per heavy atom. The summed E-state index contributed by atoms with van der Waals surface area (Å²) in [5.41, 5.74) is 0. The van der Waals surface area contributed by atoms with Crippen LogP contribution >= 0.6 is 0 Å². The number of aliphatic carboxylic acids is 3. The Labute approximate surface area is 114 Å². The van der Waals surface area contributed by atoms with Crippen LogP contribution < -0.4 is 0 Å². The molecular weight excluding hydrogens is 268 g/mol. The molecule has 1 heterocycles. The Morgan fingerprint density at radius 3 is 1.95 bits per heavy atom. The summed E-state index contributed by atoms with van der Waals surface area (Å²) in [7, 11) is 0. The van der Waals surface area contributed by atoms with Crippen molar-refractivity contribution in [3.8, 4) is 0 Å². The molecule has 7 heteroatoms. The van der Waals surface area contributed by atoms with Gasteiger partial charge in [0.1, 0.15) is 5.76 Å². The highest BCUT2D eigenvalue weighted by Gasteiger charge is 2.41. The highest BCUT2D eigenvalue weighted by Crippen LogP contribution is 2.34. The van der Waals surface area contributed by atoms with E-state index in [1.54, 1.807) is 12.1 Å². The van der Waals surface area contributed by atoms with Crippen LogP contribution in [0.4, 0.5) is 0 Å². The van der Waals surface area contributed by atoms with Crippen molar-refractivity contribution >= 4 is 24.0 Å². The molecule has 2 unspecified atom stereocenters. The van der Waals surface area contributed by atoms with Gasteiger partial charge in [0.05, 0.1) is 18.1 Å². The Bertz CT molecular complexity index is 481. The SMILES string of the molecule is O=C(O)C1CCC1C(=O)O.O=C(O)C=Cc1ccco1. The van der Waals surface area contributed by atoms with Gasteiger partial charge in [-0.3, -0.25) is 9.59 Å². The van der Waals surface area contributed by atoms with Crippen molar-refractivity contribution in [2.24, 2.45) is 11.8 Å². The minimum atomic E-state index is -0.987. The maximum absolute atomic E-state index is 10.2. The summed E-state index contributed by atoms with van der Waals surface area (Å²) in [5, 5.41) is 25.0. The molecule has 0 bridgehead atoms. The van der Waals surface area contributed by atoms with E-state index >= 15 is 0 Å². The molecule has 0 aliphatic heterocycles. The van der Waals surface area contributed by atoms with Crippen molar-refractivity contribution in [1.29, 1.82) is 0 Å². The second-order valence-corrected chi connectivity index (χ2v) is 4.15. The van der Waals surface area contributed by atoms with Gasteiger partial charge < -0.3 is 19.7 Å². The van der Waals surface area contributed by atoms with E-state index in [0.717, 1.165) is 6.08 Å². The molecule has 1 aromatic heterocycles. The summed E-state index contributed by atoms with van der Waals surface area (Å²) in [4.78, 5) is 30.4. The van der Waals surface area contributed by atoms with E-state index in [-0.39, 0.29) is 0 Å². The van der Waals surface area contributed by atoms with E-state index < -0.39 is 29.7 Å². The number of carbonyl (C=O) groups is 3. The number of carboxylic acid groups (broad SMARTS) is 3. The zero-order chi connectivity index (χ0) is 15.1. The first-order valence-corrected chi connectivity index (χ1v) is 5.82. The lowest BCUT2D eigenvalue weighted by molar-refractivity contribution is -0.160. The molecular formula is C13H14O7. The van der Waals surface area contributed by atoms with E-state index in [4.69, 9.17) is 19.7 Å². The first-order chi connectivity index (χ1) is 9.41. The van der Waals surface area contributed by atoms with Crippen LogP contribution in [0.1, 0.15) is 18.6 Å². The van der Waals surface area contributed by atoms with Gasteiger partial charge in [0.15, 0.2) is 0 Å². The fourth-order valence-electron chi connectivity index (χ4n) is 1.63. The summed E-state index contributed by atoms with van der Waals surface area (Å²) in [6.07, 6.45) is 4.92. The molecule has 2 atom stereocenters. The number of hydrogen-bond donors (Lipinski definition) is 3. The summed E-state index contributed by atoms with van der Waals surface area (Å²) in [6.45, 7) is 0. The summed E-state index contributed by atoms with van der Waals surface area (Å²) in [5.74, 6) is -3.69. The van der Waals surface area contributed by atoms with Gasteiger partial charge in [0.25, 0.3) is 0 Å². The van der Waals surface area contributed by atoms with Crippen molar-refractivity contribution in [2.75, 3.05) is 0 Å². The van der Waals surface area contributed by atoms with Crippen LogP contribution in [0.25, 0.3) is 6.08 Å². The lowest BCUT2D eigenvalue weighted by atomic mass is 9.74. The van der Waals surface area contributed by atoms with Crippen molar-refractivity contribution < 1.29 is 34.1 Å². The third-order valence-corrected chi connectivity index (χ3v) is 2.84. The molecule has 20 heavy (non-hydrogen) atoms. The van der Waals surface area contributed by atoms with Crippen molar-refractivity contribution in [2.45, 2.75) is 12.8 Å². The highest BCUT2D eigenvalue weighted by atomic mass is 16.4. The Kier molecular flexibility index (Phi) is 5.52. The quantitative estimate of drug-likeness (QED) is 0.715. The maximum Gasteiger partial charge on any atom is 0.328 e. The van der Waals surface area contributed by atoms with Crippen LogP contribution in [-0.2, 0) is 14.4 Å². The van der Waals surface area contributed by atoms with Gasteiger partial charge in [-0.25, -0.2) is 4.79 Å². The zero-order valence-electron chi connectivity index (χ0n) is 10.4. The molecule has 1 fully saturated rings. The van der Waals surface area contributed by atoms with Crippen molar-refractivity contribution in [3.05, 3.63) is 30.2 Å². The Hall–Kier alpha value is -2.57. The third kappa shape index (κ3) is 4.60. The summed E-state index contributed by atoms with van der Waals surface area (Å²) in [6, 6.07) is 3.38. The molecule has 0 amide bonds. The fourth-order valence-corrected chi connectivity index (χ4v) is 1.63. The number of carboxylic acids is 3. The fraction of sp³-hybridized carbons (Fsp3) is 0.308. The van der Waals surface area contributed by atoms with Gasteiger partial charge in [-0.05, 0) is 31.1 Å². The lowest BCUT2D eigenvalue weighted by Crippen LogP contribution is -2.37. The molecule has 3 N–H and O–H groups in total. The van der Waals surface area contributed by atoms with Gasteiger partial charge in [-0.15, -0.1) is 0 Å². The number of rotatable bonds is 4. The summed E-state index contributed by atoms with van der Waals surface area (Å²) < 4.78 is 4.83. The normalized spacial score (nSPS) is 20.6. The second kappa shape index (κ2) is 7.13. The molecule has 1 aromatic rings. The molecule has 1 aliphatic rings. The minimum absolute atomic E-state index is 0.506. The average molecular weight is 282 g/mol. The topological polar surface area (TPSA) is 125 Å². The van der Waals surface area contributed by atoms with E-state index in [1.165, 1.54) is 12.3 Å². The standard InChI is InChI=1S/C7H6O3.C6H8O4/c8-7(9)4-3-6-2-1-5-10-6;7-5(8)3-1-2-4(3)6(9)10/h1-5H,(H,8,9);3-4H,1-2H2,(H,7,8)(H,9,10). The molecule has 0 spiro atoms. The van der Waals surface area contributed by atoms with E-state index in [2.05, 4.69) is 0 Å². The zero-order valence-corrected chi connectivity index (χ0v) is 10.4. The first kappa shape index (κ1) is 15.5. The molecule has 108 valence electrons. The van der Waals surface area contributed by atoms with Gasteiger partial charge in [0, 0.05) is 6.08 Å². The third-order valence-electron chi connectivity index (χ3n) is 2.84. The average Bonchev–Trinajstić information content (AvgIpc) is 2.76. The Balaban J connectivity index is 0.000000200. The van der Waals surface area contributed by atoms with Crippen LogP contribution in [0, 0.1) is 11.8 Å². The van der Waals surface area contributed by atoms with Gasteiger partial charge in [0.2, 0.25) is 0 Å². The van der Waals surface area contributed by atoms with E-state index in [1.807, 2.05) is 0 Å². The Morgan fingerprint density at radius 2 is 1.65 bits per heavy atom. The molecule has 2 rings (SSSR count). The van der Waals surface area contributed by atoms with E-state index in [0.29, 0.717) is 18.6 Å². The second-order valence-electron chi connectivity index (χ2n) is 4.15. The van der Waals surface area contributed by atoms with Crippen LogP contribution in [0.3, 0.4) is 0 Å². The van der Waals surface area contributed by atoms with Crippen LogP contribution in [0.2, 0.25) is 0 Å². The number of hydrogen-bond acceptors (Lipinski definition) is 4. The highest BCUT2D eigenvalue weighted by molar-refractivity contribution is 5.84. The monoisotopic (exact) mass is 282 g/mol. The molecule has 0 radical (unpaired) electrons. The molecule has 1 aliphatic carbocycles. The number of furan rings is 1. The molecule has 0 saturated heterocycles. The predicted octanol–water partition coefficient (Wildman–Crippen LogP) is 1.56. The molecule has 7 nitrogen and oxygen atoms in total. The minimum Gasteiger partial charge on any atom is -0.481 e. The first-order valence-electron chi connectivity index (χ1n) is 5.82. The molecule has 0 aromatic carbocycles. The van der Waals surface area contributed by atoms with Crippen LogP contribution in [0.5, 0.6) is 0 Å². The van der Waals surface area contributed by atoms with Crippen LogP contribution in [0.15, 0.2) is 28.9 Å². The maximum atomic E-state index is 10.2. The van der Waals surface area contributed by atoms with E-state index in [9.17, 15) is 14.4 Å². The smallest absolute Gasteiger partial charge is 0.328 e. The largest absolute Gasteiger partial charge is 0.481 e. The van der Waals surface area contributed by atoms with Crippen LogP contribution in [-0.4, -0.2) is 33.2 Å².